The van der Waals surface area contributed by atoms with Gasteiger partial charge in [0, 0.05) is 24.7 Å². The summed E-state index contributed by atoms with van der Waals surface area (Å²) >= 11 is 1.52. The minimum atomic E-state index is 0.788. The zero-order valence-electron chi connectivity index (χ0n) is 10.6. The third-order valence-electron chi connectivity index (χ3n) is 3.53. The summed E-state index contributed by atoms with van der Waals surface area (Å²) in [7, 11) is 4.31. The van der Waals surface area contributed by atoms with Crippen molar-refractivity contribution in [2.75, 3.05) is 38.6 Å². The number of aldehydes is 1. The van der Waals surface area contributed by atoms with Crippen LogP contribution in [0.5, 0.6) is 0 Å². The van der Waals surface area contributed by atoms with Crippen molar-refractivity contribution in [1.29, 1.82) is 0 Å². The van der Waals surface area contributed by atoms with Gasteiger partial charge in [-0.3, -0.25) is 4.79 Å². The van der Waals surface area contributed by atoms with E-state index in [0.717, 1.165) is 23.6 Å². The predicted molar refractivity (Wildman–Crippen MR) is 73.2 cm³/mol. The van der Waals surface area contributed by atoms with Gasteiger partial charge in [-0.15, -0.1) is 11.3 Å². The number of likely N-dealkylation sites (tertiary alicyclic amines) is 1. The fourth-order valence-corrected chi connectivity index (χ4v) is 3.09. The SMILES string of the molecule is CN1CCC(CN(C)c2csc(C=O)c2)CC1. The van der Waals surface area contributed by atoms with Gasteiger partial charge in [-0.2, -0.15) is 0 Å². The van der Waals surface area contributed by atoms with Gasteiger partial charge in [0.1, 0.15) is 0 Å². The third-order valence-corrected chi connectivity index (χ3v) is 4.38. The van der Waals surface area contributed by atoms with E-state index in [-0.39, 0.29) is 0 Å². The molecule has 0 aliphatic carbocycles. The van der Waals surface area contributed by atoms with Crippen LogP contribution in [0.25, 0.3) is 0 Å². The van der Waals surface area contributed by atoms with Crippen molar-refractivity contribution >= 4 is 23.3 Å². The number of anilines is 1. The van der Waals surface area contributed by atoms with Gasteiger partial charge in [-0.05, 0) is 45.0 Å². The number of thiophene rings is 1. The van der Waals surface area contributed by atoms with Gasteiger partial charge < -0.3 is 9.80 Å². The first kappa shape index (κ1) is 12.6. The zero-order valence-corrected chi connectivity index (χ0v) is 11.4. The van der Waals surface area contributed by atoms with Crippen LogP contribution in [0.1, 0.15) is 22.5 Å². The molecule has 0 atom stereocenters. The van der Waals surface area contributed by atoms with Crippen molar-refractivity contribution in [1.82, 2.24) is 4.90 Å². The Morgan fingerprint density at radius 1 is 1.53 bits per heavy atom. The van der Waals surface area contributed by atoms with E-state index >= 15 is 0 Å². The Labute approximate surface area is 107 Å². The summed E-state index contributed by atoms with van der Waals surface area (Å²) in [5.74, 6) is 0.788. The maximum Gasteiger partial charge on any atom is 0.160 e. The van der Waals surface area contributed by atoms with Crippen LogP contribution < -0.4 is 4.90 Å². The predicted octanol–water partition coefficient (Wildman–Crippen LogP) is 2.34. The molecule has 0 unspecified atom stereocenters. The second-order valence-corrected chi connectivity index (χ2v) is 5.90. The summed E-state index contributed by atoms with van der Waals surface area (Å²) in [5.41, 5.74) is 1.18. The Bertz CT molecular complexity index is 369. The molecule has 1 aliphatic rings. The summed E-state index contributed by atoms with van der Waals surface area (Å²) < 4.78 is 0. The molecule has 0 amide bonds. The van der Waals surface area contributed by atoms with Crippen LogP contribution in [0.3, 0.4) is 0 Å². The van der Waals surface area contributed by atoms with Crippen molar-refractivity contribution in [3.8, 4) is 0 Å². The Hall–Kier alpha value is -0.870. The number of piperidine rings is 1. The van der Waals surface area contributed by atoms with E-state index in [1.54, 1.807) is 0 Å². The fraction of sp³-hybridized carbons (Fsp3) is 0.615. The van der Waals surface area contributed by atoms with Crippen LogP contribution >= 0.6 is 11.3 Å². The van der Waals surface area contributed by atoms with Crippen LogP contribution in [0.4, 0.5) is 5.69 Å². The molecule has 0 spiro atoms. The lowest BCUT2D eigenvalue weighted by atomic mass is 9.96. The molecular weight excluding hydrogens is 232 g/mol. The lowest BCUT2D eigenvalue weighted by molar-refractivity contribution is 0.112. The molecule has 1 saturated heterocycles. The monoisotopic (exact) mass is 252 g/mol. The van der Waals surface area contributed by atoms with Gasteiger partial charge in [0.05, 0.1) is 4.88 Å². The molecule has 94 valence electrons. The van der Waals surface area contributed by atoms with E-state index in [1.807, 2.05) is 6.07 Å². The highest BCUT2D eigenvalue weighted by atomic mass is 32.1. The number of hydrogen-bond acceptors (Lipinski definition) is 4. The topological polar surface area (TPSA) is 23.6 Å². The molecule has 0 radical (unpaired) electrons. The first-order valence-corrected chi connectivity index (χ1v) is 7.00. The number of carbonyl (C=O) groups excluding carboxylic acids is 1. The molecule has 4 heteroatoms. The van der Waals surface area contributed by atoms with Crippen LogP contribution in [-0.2, 0) is 0 Å². The van der Waals surface area contributed by atoms with Gasteiger partial charge in [-0.1, -0.05) is 0 Å². The molecule has 1 aromatic heterocycles. The number of carbonyl (C=O) groups is 1. The lowest BCUT2D eigenvalue weighted by Gasteiger charge is -2.32. The van der Waals surface area contributed by atoms with Crippen LogP contribution in [0.2, 0.25) is 0 Å². The maximum atomic E-state index is 10.7. The second-order valence-electron chi connectivity index (χ2n) is 4.95. The van der Waals surface area contributed by atoms with Gasteiger partial charge in [-0.25, -0.2) is 0 Å². The Morgan fingerprint density at radius 2 is 2.24 bits per heavy atom. The van der Waals surface area contributed by atoms with Crippen LogP contribution in [0, 0.1) is 5.92 Å². The van der Waals surface area contributed by atoms with E-state index < -0.39 is 0 Å². The Morgan fingerprint density at radius 3 is 2.82 bits per heavy atom. The van der Waals surface area contributed by atoms with Gasteiger partial charge in [0.15, 0.2) is 6.29 Å². The molecule has 1 aliphatic heterocycles. The first-order chi connectivity index (χ1) is 8.19. The van der Waals surface area contributed by atoms with Crippen molar-refractivity contribution in [2.45, 2.75) is 12.8 Å². The molecular formula is C13H20N2OS. The Kier molecular flexibility index (Phi) is 4.18. The summed E-state index contributed by atoms with van der Waals surface area (Å²) in [6.07, 6.45) is 3.49. The summed E-state index contributed by atoms with van der Waals surface area (Å²) in [6.45, 7) is 3.52. The normalized spacial score (nSPS) is 18.2. The molecule has 0 saturated carbocycles. The van der Waals surface area contributed by atoms with Crippen molar-refractivity contribution in [3.05, 3.63) is 16.3 Å². The standard InChI is InChI=1S/C13H20N2OS/c1-14-5-3-11(4-6-14)8-15(2)12-7-13(9-16)17-10-12/h7,9-11H,3-6,8H2,1-2H3. The summed E-state index contributed by atoms with van der Waals surface area (Å²) in [4.78, 5) is 16.1. The average molecular weight is 252 g/mol. The van der Waals surface area contributed by atoms with Crippen molar-refractivity contribution < 1.29 is 4.79 Å². The minimum Gasteiger partial charge on any atom is -0.374 e. The minimum absolute atomic E-state index is 0.788. The molecule has 0 N–H and O–H groups in total. The van der Waals surface area contributed by atoms with Crippen molar-refractivity contribution in [2.24, 2.45) is 5.92 Å². The lowest BCUT2D eigenvalue weighted by Crippen LogP contribution is -2.35. The highest BCUT2D eigenvalue weighted by Crippen LogP contribution is 2.24. The van der Waals surface area contributed by atoms with E-state index in [0.29, 0.717) is 0 Å². The smallest absolute Gasteiger partial charge is 0.160 e. The molecule has 2 rings (SSSR count). The zero-order chi connectivity index (χ0) is 12.3. The highest BCUT2D eigenvalue weighted by Gasteiger charge is 2.18. The largest absolute Gasteiger partial charge is 0.374 e. The highest BCUT2D eigenvalue weighted by molar-refractivity contribution is 7.12. The molecule has 1 aromatic rings. The van der Waals surface area contributed by atoms with Crippen LogP contribution in [0.15, 0.2) is 11.4 Å². The van der Waals surface area contributed by atoms with Crippen LogP contribution in [-0.4, -0.2) is 44.9 Å². The number of hydrogen-bond donors (Lipinski definition) is 0. The van der Waals surface area contributed by atoms with E-state index in [1.165, 1.54) is 43.0 Å². The van der Waals surface area contributed by atoms with E-state index in [4.69, 9.17) is 0 Å². The molecule has 1 fully saturated rings. The Balaban J connectivity index is 1.88. The van der Waals surface area contributed by atoms with E-state index in [9.17, 15) is 4.79 Å². The molecule has 2 heterocycles. The summed E-state index contributed by atoms with van der Waals surface area (Å²) in [5, 5.41) is 2.07. The average Bonchev–Trinajstić information content (AvgIpc) is 2.81. The van der Waals surface area contributed by atoms with Gasteiger partial charge in [0.2, 0.25) is 0 Å². The number of nitrogens with zero attached hydrogens (tertiary/aromatic N) is 2. The molecule has 0 bridgehead atoms. The van der Waals surface area contributed by atoms with E-state index in [2.05, 4.69) is 29.3 Å². The van der Waals surface area contributed by atoms with Gasteiger partial charge in [0.25, 0.3) is 0 Å². The molecule has 3 nitrogen and oxygen atoms in total. The third kappa shape index (κ3) is 3.30. The first-order valence-electron chi connectivity index (χ1n) is 6.12. The second kappa shape index (κ2) is 5.65. The fourth-order valence-electron chi connectivity index (χ4n) is 2.34. The quantitative estimate of drug-likeness (QED) is 0.769. The molecule has 0 aromatic carbocycles. The summed E-state index contributed by atoms with van der Waals surface area (Å²) in [6, 6.07) is 1.98. The number of rotatable bonds is 4. The van der Waals surface area contributed by atoms with Gasteiger partial charge >= 0.3 is 0 Å². The maximum absolute atomic E-state index is 10.7. The molecule has 17 heavy (non-hydrogen) atoms. The van der Waals surface area contributed by atoms with Crippen molar-refractivity contribution in [3.63, 3.8) is 0 Å².